The van der Waals surface area contributed by atoms with E-state index in [9.17, 15) is 0 Å². The third kappa shape index (κ3) is 2.17. The van der Waals surface area contributed by atoms with E-state index >= 15 is 0 Å². The molecule has 1 fully saturated rings. The first-order valence-electron chi connectivity index (χ1n) is 7.26. The van der Waals surface area contributed by atoms with Crippen molar-refractivity contribution in [1.29, 1.82) is 0 Å². The molecule has 5 heteroatoms. The van der Waals surface area contributed by atoms with Gasteiger partial charge in [0.1, 0.15) is 0 Å². The van der Waals surface area contributed by atoms with Gasteiger partial charge in [0.05, 0.1) is 6.54 Å². The largest absolute Gasteiger partial charge is 0.399 e. The molecule has 0 unspecified atom stereocenters. The Labute approximate surface area is 119 Å². The predicted molar refractivity (Wildman–Crippen MR) is 79.0 cm³/mol. The summed E-state index contributed by atoms with van der Waals surface area (Å²) in [5.41, 5.74) is 9.20. The number of nitrogens with two attached hydrogens (primary N) is 1. The van der Waals surface area contributed by atoms with Crippen LogP contribution in [0, 0.1) is 12.3 Å². The van der Waals surface area contributed by atoms with E-state index in [1.54, 1.807) is 0 Å². The van der Waals surface area contributed by atoms with Crippen molar-refractivity contribution in [3.8, 4) is 11.4 Å². The fourth-order valence-corrected chi connectivity index (χ4v) is 3.00. The van der Waals surface area contributed by atoms with E-state index in [1.165, 1.54) is 25.7 Å². The molecule has 1 saturated carbocycles. The van der Waals surface area contributed by atoms with E-state index in [-0.39, 0.29) is 0 Å². The Hall–Kier alpha value is -1.91. The van der Waals surface area contributed by atoms with Crippen LogP contribution in [0.2, 0.25) is 0 Å². The van der Waals surface area contributed by atoms with Crippen LogP contribution >= 0.6 is 0 Å². The SMILES string of the molecule is CCC1(Cn2nnnc2-c2cc(N)ccc2C)CCC1. The summed E-state index contributed by atoms with van der Waals surface area (Å²) < 4.78 is 1.95. The molecule has 0 amide bonds. The zero-order chi connectivity index (χ0) is 14.2. The van der Waals surface area contributed by atoms with Crippen molar-refractivity contribution in [2.75, 3.05) is 5.73 Å². The molecule has 0 atom stereocenters. The molecule has 0 bridgehead atoms. The maximum absolute atomic E-state index is 5.90. The number of aryl methyl sites for hydroxylation is 1. The lowest BCUT2D eigenvalue weighted by atomic mass is 9.67. The number of aromatic nitrogens is 4. The molecule has 0 radical (unpaired) electrons. The Morgan fingerprint density at radius 3 is 2.80 bits per heavy atom. The van der Waals surface area contributed by atoms with E-state index < -0.39 is 0 Å². The molecular weight excluding hydrogens is 250 g/mol. The number of hydrogen-bond acceptors (Lipinski definition) is 4. The zero-order valence-electron chi connectivity index (χ0n) is 12.1. The minimum absolute atomic E-state index is 0.387. The van der Waals surface area contributed by atoms with Crippen LogP contribution in [0.15, 0.2) is 18.2 Å². The summed E-state index contributed by atoms with van der Waals surface area (Å²) in [4.78, 5) is 0. The first-order valence-corrected chi connectivity index (χ1v) is 7.26. The molecule has 1 aromatic heterocycles. The van der Waals surface area contributed by atoms with Crippen LogP contribution < -0.4 is 5.73 Å². The molecule has 2 aromatic rings. The van der Waals surface area contributed by atoms with Crippen LogP contribution in [-0.2, 0) is 6.54 Å². The molecule has 106 valence electrons. The van der Waals surface area contributed by atoms with Crippen LogP contribution in [0.3, 0.4) is 0 Å². The van der Waals surface area contributed by atoms with Crippen molar-refractivity contribution in [2.24, 2.45) is 5.41 Å². The van der Waals surface area contributed by atoms with Gasteiger partial charge in [0.2, 0.25) is 0 Å². The van der Waals surface area contributed by atoms with Gasteiger partial charge in [0, 0.05) is 11.3 Å². The molecular formula is C15H21N5. The van der Waals surface area contributed by atoms with E-state index in [0.717, 1.165) is 29.2 Å². The Bertz CT molecular complexity index is 607. The number of benzene rings is 1. The summed E-state index contributed by atoms with van der Waals surface area (Å²) in [7, 11) is 0. The molecule has 1 heterocycles. The van der Waals surface area contributed by atoms with Crippen LogP contribution in [0.5, 0.6) is 0 Å². The smallest absolute Gasteiger partial charge is 0.182 e. The van der Waals surface area contributed by atoms with Crippen molar-refractivity contribution in [2.45, 2.75) is 46.1 Å². The Balaban J connectivity index is 1.96. The third-order valence-corrected chi connectivity index (χ3v) is 4.68. The highest BCUT2D eigenvalue weighted by molar-refractivity contribution is 5.65. The summed E-state index contributed by atoms with van der Waals surface area (Å²) in [6, 6.07) is 5.88. The van der Waals surface area contributed by atoms with E-state index in [1.807, 2.05) is 22.9 Å². The van der Waals surface area contributed by atoms with Crippen LogP contribution in [0.1, 0.15) is 38.2 Å². The normalized spacial score (nSPS) is 16.9. The molecule has 1 aliphatic rings. The first-order chi connectivity index (χ1) is 9.63. The van der Waals surface area contributed by atoms with Gasteiger partial charge in [0.25, 0.3) is 0 Å². The maximum atomic E-state index is 5.90. The first kappa shape index (κ1) is 13.1. The molecule has 5 nitrogen and oxygen atoms in total. The second kappa shape index (κ2) is 4.89. The molecule has 20 heavy (non-hydrogen) atoms. The average molecular weight is 271 g/mol. The summed E-state index contributed by atoms with van der Waals surface area (Å²) >= 11 is 0. The quantitative estimate of drug-likeness (QED) is 0.868. The monoisotopic (exact) mass is 271 g/mol. The van der Waals surface area contributed by atoms with Crippen molar-refractivity contribution in [3.63, 3.8) is 0 Å². The Morgan fingerprint density at radius 1 is 1.35 bits per heavy atom. The molecule has 0 aliphatic heterocycles. The van der Waals surface area contributed by atoms with Crippen molar-refractivity contribution < 1.29 is 0 Å². The minimum Gasteiger partial charge on any atom is -0.399 e. The molecule has 2 N–H and O–H groups in total. The summed E-state index contributed by atoms with van der Waals surface area (Å²) in [6.07, 6.45) is 5.06. The van der Waals surface area contributed by atoms with Gasteiger partial charge >= 0.3 is 0 Å². The van der Waals surface area contributed by atoms with E-state index in [2.05, 4.69) is 29.4 Å². The molecule has 0 spiro atoms. The number of hydrogen-bond donors (Lipinski definition) is 1. The average Bonchev–Trinajstić information content (AvgIpc) is 2.84. The predicted octanol–water partition coefficient (Wildman–Crippen LogP) is 2.81. The maximum Gasteiger partial charge on any atom is 0.182 e. The lowest BCUT2D eigenvalue weighted by Gasteiger charge is -2.41. The fraction of sp³-hybridized carbons (Fsp3) is 0.533. The lowest BCUT2D eigenvalue weighted by Crippen LogP contribution is -2.34. The summed E-state index contributed by atoms with van der Waals surface area (Å²) in [6.45, 7) is 5.22. The standard InChI is InChI=1S/C15H21N5/c1-3-15(7-4-8-15)10-20-14(17-18-19-20)13-9-12(16)6-5-11(13)2/h5-6,9H,3-4,7-8,10,16H2,1-2H3. The topological polar surface area (TPSA) is 69.6 Å². The molecule has 1 aromatic carbocycles. The van der Waals surface area contributed by atoms with Gasteiger partial charge in [-0.25, -0.2) is 4.68 Å². The van der Waals surface area contributed by atoms with Crippen LogP contribution in [0.4, 0.5) is 5.69 Å². The van der Waals surface area contributed by atoms with Gasteiger partial charge in [-0.2, -0.15) is 0 Å². The fourth-order valence-electron chi connectivity index (χ4n) is 3.00. The molecule has 3 rings (SSSR count). The van der Waals surface area contributed by atoms with Gasteiger partial charge < -0.3 is 5.73 Å². The summed E-state index contributed by atoms with van der Waals surface area (Å²) in [5, 5.41) is 12.3. The zero-order valence-corrected chi connectivity index (χ0v) is 12.1. The molecule has 0 saturated heterocycles. The second-order valence-corrected chi connectivity index (χ2v) is 5.94. The number of nitrogen functional groups attached to an aromatic ring is 1. The van der Waals surface area contributed by atoms with Crippen LogP contribution in [-0.4, -0.2) is 20.2 Å². The van der Waals surface area contributed by atoms with Crippen molar-refractivity contribution in [1.82, 2.24) is 20.2 Å². The second-order valence-electron chi connectivity index (χ2n) is 5.94. The van der Waals surface area contributed by atoms with Gasteiger partial charge in [0.15, 0.2) is 5.82 Å². The highest BCUT2D eigenvalue weighted by Crippen LogP contribution is 2.45. The van der Waals surface area contributed by atoms with Crippen molar-refractivity contribution in [3.05, 3.63) is 23.8 Å². The number of anilines is 1. The molecule has 1 aliphatic carbocycles. The Morgan fingerprint density at radius 2 is 2.15 bits per heavy atom. The van der Waals surface area contributed by atoms with Crippen LogP contribution in [0.25, 0.3) is 11.4 Å². The third-order valence-electron chi connectivity index (χ3n) is 4.68. The van der Waals surface area contributed by atoms with Crippen molar-refractivity contribution >= 4 is 5.69 Å². The number of rotatable bonds is 4. The minimum atomic E-state index is 0.387. The van der Waals surface area contributed by atoms with E-state index in [0.29, 0.717) is 5.41 Å². The summed E-state index contributed by atoms with van der Waals surface area (Å²) in [5.74, 6) is 0.828. The van der Waals surface area contributed by atoms with Gasteiger partial charge in [-0.1, -0.05) is 19.4 Å². The van der Waals surface area contributed by atoms with E-state index in [4.69, 9.17) is 5.73 Å². The highest BCUT2D eigenvalue weighted by Gasteiger charge is 2.36. The van der Waals surface area contributed by atoms with Gasteiger partial charge in [-0.3, -0.25) is 0 Å². The highest BCUT2D eigenvalue weighted by atomic mass is 15.5. The lowest BCUT2D eigenvalue weighted by molar-refractivity contribution is 0.0948. The Kier molecular flexibility index (Phi) is 3.20. The van der Waals surface area contributed by atoms with Gasteiger partial charge in [-0.05, 0) is 59.7 Å². The number of tetrazole rings is 1. The van der Waals surface area contributed by atoms with Gasteiger partial charge in [-0.15, -0.1) is 5.10 Å². The number of nitrogens with zero attached hydrogens (tertiary/aromatic N) is 4.